The largest absolute Gasteiger partial charge is 0.493 e. The monoisotopic (exact) mass is 262 g/mol. The van der Waals surface area contributed by atoms with E-state index in [1.807, 2.05) is 30.1 Å². The Morgan fingerprint density at radius 3 is 2.47 bits per heavy atom. The van der Waals surface area contributed by atoms with E-state index in [1.165, 1.54) is 0 Å². The number of benzene rings is 1. The third kappa shape index (κ3) is 2.59. The molecule has 1 aliphatic rings. The zero-order valence-electron chi connectivity index (χ0n) is 11.5. The van der Waals surface area contributed by atoms with Gasteiger partial charge >= 0.3 is 0 Å². The number of nitriles is 1. The summed E-state index contributed by atoms with van der Waals surface area (Å²) in [5.74, 6) is 1.38. The van der Waals surface area contributed by atoms with E-state index in [4.69, 9.17) is 14.2 Å². The average molecular weight is 262 g/mol. The maximum Gasteiger partial charge on any atom is 0.162 e. The fourth-order valence-electron chi connectivity index (χ4n) is 2.15. The van der Waals surface area contributed by atoms with Crippen molar-refractivity contribution in [2.24, 2.45) is 5.41 Å². The zero-order valence-corrected chi connectivity index (χ0v) is 11.5. The summed E-state index contributed by atoms with van der Waals surface area (Å²) in [4.78, 5) is 2.04. The summed E-state index contributed by atoms with van der Waals surface area (Å²) in [5, 5.41) is 9.21. The SMILES string of the molecule is COc1ccc(N(C)CC2(C#N)COC2)cc1OC. The van der Waals surface area contributed by atoms with Gasteiger partial charge in [0.2, 0.25) is 0 Å². The van der Waals surface area contributed by atoms with Gasteiger partial charge in [-0.15, -0.1) is 0 Å². The summed E-state index contributed by atoms with van der Waals surface area (Å²) in [6.45, 7) is 1.64. The van der Waals surface area contributed by atoms with Crippen LogP contribution in [0, 0.1) is 16.7 Å². The molecule has 1 heterocycles. The van der Waals surface area contributed by atoms with Crippen molar-refractivity contribution in [2.75, 3.05) is 45.9 Å². The van der Waals surface area contributed by atoms with Crippen molar-refractivity contribution in [3.8, 4) is 17.6 Å². The summed E-state index contributed by atoms with van der Waals surface area (Å²) in [6.07, 6.45) is 0. The number of hydrogen-bond acceptors (Lipinski definition) is 5. The number of anilines is 1. The van der Waals surface area contributed by atoms with E-state index in [1.54, 1.807) is 14.2 Å². The Morgan fingerprint density at radius 1 is 1.32 bits per heavy atom. The fraction of sp³-hybridized carbons (Fsp3) is 0.500. The van der Waals surface area contributed by atoms with E-state index in [-0.39, 0.29) is 5.41 Å². The Bertz CT molecular complexity index is 492. The summed E-state index contributed by atoms with van der Waals surface area (Å²) < 4.78 is 15.6. The van der Waals surface area contributed by atoms with Gasteiger partial charge in [-0.05, 0) is 12.1 Å². The second-order valence-corrected chi connectivity index (χ2v) is 4.78. The average Bonchev–Trinajstić information content (AvgIpc) is 2.41. The molecule has 102 valence electrons. The number of ether oxygens (including phenoxy) is 3. The molecule has 0 atom stereocenters. The molecule has 0 bridgehead atoms. The van der Waals surface area contributed by atoms with Crippen molar-refractivity contribution >= 4 is 5.69 Å². The number of nitrogens with zero attached hydrogens (tertiary/aromatic N) is 2. The molecule has 19 heavy (non-hydrogen) atoms. The Kier molecular flexibility index (Phi) is 3.82. The minimum Gasteiger partial charge on any atom is -0.493 e. The molecule has 5 nitrogen and oxygen atoms in total. The highest BCUT2D eigenvalue weighted by Crippen LogP contribution is 2.33. The molecule has 1 saturated heterocycles. The molecule has 0 N–H and O–H groups in total. The fourth-order valence-corrected chi connectivity index (χ4v) is 2.15. The van der Waals surface area contributed by atoms with E-state index < -0.39 is 0 Å². The molecule has 0 amide bonds. The van der Waals surface area contributed by atoms with Gasteiger partial charge in [0.15, 0.2) is 11.5 Å². The third-order valence-corrected chi connectivity index (χ3v) is 3.34. The second kappa shape index (κ2) is 5.37. The first-order chi connectivity index (χ1) is 9.14. The molecule has 0 aliphatic carbocycles. The first-order valence-electron chi connectivity index (χ1n) is 6.06. The lowest BCUT2D eigenvalue weighted by molar-refractivity contribution is -0.0716. The van der Waals surface area contributed by atoms with Gasteiger partial charge in [-0.1, -0.05) is 0 Å². The molecule has 0 aromatic heterocycles. The van der Waals surface area contributed by atoms with Gasteiger partial charge in [0, 0.05) is 25.3 Å². The third-order valence-electron chi connectivity index (χ3n) is 3.34. The molecular formula is C14H18N2O3. The minimum absolute atomic E-state index is 0.387. The van der Waals surface area contributed by atoms with Crippen molar-refractivity contribution in [3.63, 3.8) is 0 Å². The Hall–Kier alpha value is -1.93. The van der Waals surface area contributed by atoms with Crippen LogP contribution in [-0.4, -0.2) is 41.0 Å². The van der Waals surface area contributed by atoms with Gasteiger partial charge < -0.3 is 19.1 Å². The topological polar surface area (TPSA) is 54.7 Å². The van der Waals surface area contributed by atoms with Crippen LogP contribution in [0.25, 0.3) is 0 Å². The predicted octanol–water partition coefficient (Wildman–Crippen LogP) is 1.68. The zero-order chi connectivity index (χ0) is 13.9. The Morgan fingerprint density at radius 2 is 2.00 bits per heavy atom. The van der Waals surface area contributed by atoms with Crippen molar-refractivity contribution in [3.05, 3.63) is 18.2 Å². The highest BCUT2D eigenvalue weighted by molar-refractivity contribution is 5.56. The first kappa shape index (κ1) is 13.5. The van der Waals surface area contributed by atoms with Gasteiger partial charge in [0.1, 0.15) is 5.41 Å². The van der Waals surface area contributed by atoms with Crippen LogP contribution in [0.1, 0.15) is 0 Å². The first-order valence-corrected chi connectivity index (χ1v) is 6.06. The van der Waals surface area contributed by atoms with Crippen molar-refractivity contribution in [2.45, 2.75) is 0 Å². The molecule has 1 aliphatic heterocycles. The molecule has 1 aromatic rings. The van der Waals surface area contributed by atoms with Crippen LogP contribution in [0.3, 0.4) is 0 Å². The Balaban J connectivity index is 2.15. The van der Waals surface area contributed by atoms with Crippen LogP contribution in [-0.2, 0) is 4.74 Å². The normalized spacial score (nSPS) is 16.1. The minimum atomic E-state index is -0.387. The van der Waals surface area contributed by atoms with Crippen LogP contribution in [0.15, 0.2) is 18.2 Å². The maximum atomic E-state index is 9.21. The Labute approximate surface area is 113 Å². The quantitative estimate of drug-likeness (QED) is 0.808. The van der Waals surface area contributed by atoms with E-state index in [2.05, 4.69) is 6.07 Å². The summed E-state index contributed by atoms with van der Waals surface area (Å²) >= 11 is 0. The molecule has 0 saturated carbocycles. The molecular weight excluding hydrogens is 244 g/mol. The van der Waals surface area contributed by atoms with E-state index in [9.17, 15) is 5.26 Å². The predicted molar refractivity (Wildman–Crippen MR) is 71.7 cm³/mol. The molecule has 0 radical (unpaired) electrons. The van der Waals surface area contributed by atoms with Crippen LogP contribution in [0.5, 0.6) is 11.5 Å². The van der Waals surface area contributed by atoms with Gasteiger partial charge in [-0.3, -0.25) is 0 Å². The maximum absolute atomic E-state index is 9.21. The standard InChI is InChI=1S/C14H18N2O3/c1-16(8-14(7-15)9-19-10-14)11-4-5-12(17-2)13(6-11)18-3/h4-6H,8-10H2,1-3H3. The van der Waals surface area contributed by atoms with E-state index in [0.717, 1.165) is 5.69 Å². The van der Waals surface area contributed by atoms with Crippen LogP contribution >= 0.6 is 0 Å². The van der Waals surface area contributed by atoms with Crippen LogP contribution in [0.4, 0.5) is 5.69 Å². The lowest BCUT2D eigenvalue weighted by Crippen LogP contribution is -2.49. The number of methoxy groups -OCH3 is 2. The lowest BCUT2D eigenvalue weighted by Gasteiger charge is -2.38. The number of rotatable bonds is 5. The van der Waals surface area contributed by atoms with Crippen molar-refractivity contribution < 1.29 is 14.2 Å². The second-order valence-electron chi connectivity index (χ2n) is 4.78. The van der Waals surface area contributed by atoms with Crippen LogP contribution < -0.4 is 14.4 Å². The van der Waals surface area contributed by atoms with Gasteiger partial charge in [-0.25, -0.2) is 0 Å². The lowest BCUT2D eigenvalue weighted by atomic mass is 9.87. The van der Waals surface area contributed by atoms with Gasteiger partial charge in [-0.2, -0.15) is 5.26 Å². The van der Waals surface area contributed by atoms with Crippen molar-refractivity contribution in [1.82, 2.24) is 0 Å². The van der Waals surface area contributed by atoms with Crippen LogP contribution in [0.2, 0.25) is 0 Å². The summed E-state index contributed by atoms with van der Waals surface area (Å²) in [7, 11) is 5.18. The number of hydrogen-bond donors (Lipinski definition) is 0. The smallest absolute Gasteiger partial charge is 0.162 e. The van der Waals surface area contributed by atoms with Gasteiger partial charge in [0.25, 0.3) is 0 Å². The molecule has 5 heteroatoms. The molecule has 0 spiro atoms. The molecule has 1 fully saturated rings. The highest BCUT2D eigenvalue weighted by Gasteiger charge is 2.40. The van der Waals surface area contributed by atoms with Gasteiger partial charge in [0.05, 0.1) is 33.5 Å². The highest BCUT2D eigenvalue weighted by atomic mass is 16.5. The van der Waals surface area contributed by atoms with E-state index >= 15 is 0 Å². The molecule has 1 aromatic carbocycles. The molecule has 0 unspecified atom stereocenters. The van der Waals surface area contributed by atoms with Crippen molar-refractivity contribution in [1.29, 1.82) is 5.26 Å². The summed E-state index contributed by atoms with van der Waals surface area (Å²) in [5.41, 5.74) is 0.598. The van der Waals surface area contributed by atoms with E-state index in [0.29, 0.717) is 31.3 Å². The summed E-state index contributed by atoms with van der Waals surface area (Å²) in [6, 6.07) is 8.06. The molecule has 2 rings (SSSR count).